The minimum Gasteiger partial charge on any atom is -0.497 e. The number of nitrogens with zero attached hydrogens (tertiary/aromatic N) is 2. The van der Waals surface area contributed by atoms with Gasteiger partial charge in [-0.05, 0) is 36.6 Å². The van der Waals surface area contributed by atoms with Crippen LogP contribution in [0.4, 0.5) is 0 Å². The van der Waals surface area contributed by atoms with Crippen LogP contribution in [0.1, 0.15) is 50.8 Å². The van der Waals surface area contributed by atoms with Crippen LogP contribution in [-0.2, 0) is 0 Å². The van der Waals surface area contributed by atoms with Gasteiger partial charge in [0.25, 0.3) is 5.88 Å². The first-order chi connectivity index (χ1) is 12.8. The first-order valence-corrected chi connectivity index (χ1v) is 9.22. The molecule has 0 radical (unpaired) electrons. The molecule has 0 atom stereocenters. The van der Waals surface area contributed by atoms with E-state index in [0.717, 1.165) is 42.7 Å². The second-order valence-electron chi connectivity index (χ2n) is 5.95. The molecule has 5 heteroatoms. The predicted molar refractivity (Wildman–Crippen MR) is 105 cm³/mol. The van der Waals surface area contributed by atoms with Gasteiger partial charge in [-0.25, -0.2) is 0 Å². The summed E-state index contributed by atoms with van der Waals surface area (Å²) in [6, 6.07) is 9.71. The third-order valence-corrected chi connectivity index (χ3v) is 3.78. The van der Waals surface area contributed by atoms with Crippen LogP contribution in [0, 0.1) is 0 Å². The Hall–Kier alpha value is -2.56. The Balaban J connectivity index is 2.13. The maximum atomic E-state index is 5.86. The highest BCUT2D eigenvalue weighted by atomic mass is 16.5. The summed E-state index contributed by atoms with van der Waals surface area (Å²) in [5.74, 6) is 1.93. The molecule has 1 heterocycles. The Kier molecular flexibility index (Phi) is 8.46. The summed E-state index contributed by atoms with van der Waals surface area (Å²) in [6.45, 7) is 5.52. The van der Waals surface area contributed by atoms with Gasteiger partial charge in [-0.1, -0.05) is 44.9 Å². The monoisotopic (exact) mass is 356 g/mol. The van der Waals surface area contributed by atoms with E-state index in [2.05, 4.69) is 24.0 Å². The predicted octanol–water partition coefficient (Wildman–Crippen LogP) is 5.01. The van der Waals surface area contributed by atoms with Gasteiger partial charge < -0.3 is 14.2 Å². The van der Waals surface area contributed by atoms with Gasteiger partial charge in [-0.3, -0.25) is 0 Å². The number of aromatic nitrogens is 2. The molecule has 26 heavy (non-hydrogen) atoms. The van der Waals surface area contributed by atoms with E-state index in [-0.39, 0.29) is 0 Å². The first kappa shape index (κ1) is 19.8. The molecule has 1 aromatic carbocycles. The minimum absolute atomic E-state index is 0.466. The summed E-state index contributed by atoms with van der Waals surface area (Å²) < 4.78 is 16.8. The molecule has 140 valence electrons. The van der Waals surface area contributed by atoms with Crippen molar-refractivity contribution in [3.8, 4) is 17.4 Å². The summed E-state index contributed by atoms with van der Waals surface area (Å²) in [6.07, 6.45) is 8.00. The van der Waals surface area contributed by atoms with E-state index in [1.807, 2.05) is 42.5 Å². The zero-order valence-corrected chi connectivity index (χ0v) is 15.9. The van der Waals surface area contributed by atoms with Crippen LogP contribution in [0.3, 0.4) is 0 Å². The molecule has 0 saturated heterocycles. The lowest BCUT2D eigenvalue weighted by molar-refractivity contribution is 0.250. The van der Waals surface area contributed by atoms with Crippen LogP contribution in [-0.4, -0.2) is 30.5 Å². The summed E-state index contributed by atoms with van der Waals surface area (Å²) in [5.41, 5.74) is 1.75. The number of methoxy groups -OCH3 is 1. The molecule has 5 nitrogen and oxygen atoms in total. The molecule has 2 rings (SSSR count). The lowest BCUT2D eigenvalue weighted by atomic mass is 10.2. The SMILES string of the molecule is CCCCOc1cc(/C=C/c2cccc(OC)c2)nnc1OCCCC. The molecular weight excluding hydrogens is 328 g/mol. The average Bonchev–Trinajstić information content (AvgIpc) is 2.68. The maximum absolute atomic E-state index is 5.86. The quantitative estimate of drug-likeness (QED) is 0.530. The fraction of sp³-hybridized carbons (Fsp3) is 0.429. The van der Waals surface area contributed by atoms with E-state index >= 15 is 0 Å². The van der Waals surface area contributed by atoms with Gasteiger partial charge in [-0.2, -0.15) is 0 Å². The fourth-order valence-corrected chi connectivity index (χ4v) is 2.23. The van der Waals surface area contributed by atoms with Crippen molar-refractivity contribution in [2.45, 2.75) is 39.5 Å². The number of unbranched alkanes of at least 4 members (excludes halogenated alkanes) is 2. The maximum Gasteiger partial charge on any atom is 0.276 e. The van der Waals surface area contributed by atoms with Crippen molar-refractivity contribution in [1.29, 1.82) is 0 Å². The van der Waals surface area contributed by atoms with Crippen LogP contribution in [0.25, 0.3) is 12.2 Å². The van der Waals surface area contributed by atoms with Gasteiger partial charge in [0.15, 0.2) is 5.75 Å². The van der Waals surface area contributed by atoms with Crippen molar-refractivity contribution < 1.29 is 14.2 Å². The van der Waals surface area contributed by atoms with E-state index in [1.54, 1.807) is 7.11 Å². The molecule has 0 N–H and O–H groups in total. The van der Waals surface area contributed by atoms with E-state index in [9.17, 15) is 0 Å². The Morgan fingerprint density at radius 3 is 2.42 bits per heavy atom. The molecule has 0 unspecified atom stereocenters. The number of hydrogen-bond acceptors (Lipinski definition) is 5. The van der Waals surface area contributed by atoms with E-state index < -0.39 is 0 Å². The van der Waals surface area contributed by atoms with E-state index in [1.165, 1.54) is 0 Å². The van der Waals surface area contributed by atoms with Gasteiger partial charge >= 0.3 is 0 Å². The van der Waals surface area contributed by atoms with Crippen LogP contribution >= 0.6 is 0 Å². The molecule has 0 aliphatic heterocycles. The minimum atomic E-state index is 0.466. The number of benzene rings is 1. The third-order valence-electron chi connectivity index (χ3n) is 3.78. The number of ether oxygens (including phenoxy) is 3. The molecule has 2 aromatic rings. The van der Waals surface area contributed by atoms with Gasteiger partial charge in [0.2, 0.25) is 0 Å². The first-order valence-electron chi connectivity index (χ1n) is 9.22. The average molecular weight is 356 g/mol. The van der Waals surface area contributed by atoms with Crippen molar-refractivity contribution in [1.82, 2.24) is 10.2 Å². The molecule has 0 fully saturated rings. The van der Waals surface area contributed by atoms with Crippen molar-refractivity contribution in [3.05, 3.63) is 41.6 Å². The Morgan fingerprint density at radius 1 is 0.923 bits per heavy atom. The topological polar surface area (TPSA) is 53.5 Å². The molecule has 0 amide bonds. The van der Waals surface area contributed by atoms with Gasteiger partial charge in [0, 0.05) is 6.07 Å². The largest absolute Gasteiger partial charge is 0.497 e. The molecular formula is C21H28N2O3. The lowest BCUT2D eigenvalue weighted by Gasteiger charge is -2.11. The van der Waals surface area contributed by atoms with Crippen LogP contribution in [0.15, 0.2) is 30.3 Å². The van der Waals surface area contributed by atoms with Crippen molar-refractivity contribution in [2.24, 2.45) is 0 Å². The van der Waals surface area contributed by atoms with Crippen LogP contribution in [0.5, 0.6) is 17.4 Å². The van der Waals surface area contributed by atoms with Gasteiger partial charge in [-0.15, -0.1) is 10.2 Å². The Labute approximate surface area is 156 Å². The molecule has 0 aliphatic carbocycles. The highest BCUT2D eigenvalue weighted by Gasteiger charge is 2.09. The molecule has 1 aromatic heterocycles. The zero-order chi connectivity index (χ0) is 18.6. The second-order valence-corrected chi connectivity index (χ2v) is 5.95. The molecule has 0 bridgehead atoms. The highest BCUT2D eigenvalue weighted by molar-refractivity contribution is 5.69. The number of hydrogen-bond donors (Lipinski definition) is 0. The molecule has 0 saturated carbocycles. The Bertz CT molecular complexity index is 701. The standard InChI is InChI=1S/C21H28N2O3/c1-4-6-13-25-20-16-18(22-23-21(20)26-14-7-5-2)12-11-17-9-8-10-19(15-17)24-3/h8-12,15-16H,4-7,13-14H2,1-3H3/b12-11+. The zero-order valence-electron chi connectivity index (χ0n) is 15.9. The summed E-state index contributed by atoms with van der Waals surface area (Å²) >= 11 is 0. The number of rotatable bonds is 11. The van der Waals surface area contributed by atoms with Crippen molar-refractivity contribution >= 4 is 12.2 Å². The third kappa shape index (κ3) is 6.39. The van der Waals surface area contributed by atoms with Crippen LogP contribution in [0.2, 0.25) is 0 Å². The van der Waals surface area contributed by atoms with Crippen molar-refractivity contribution in [3.63, 3.8) is 0 Å². The summed E-state index contributed by atoms with van der Waals surface area (Å²) in [5, 5.41) is 8.43. The van der Waals surface area contributed by atoms with Gasteiger partial charge in [0.1, 0.15) is 5.75 Å². The van der Waals surface area contributed by atoms with Crippen LogP contribution < -0.4 is 14.2 Å². The van der Waals surface area contributed by atoms with Gasteiger partial charge in [0.05, 0.1) is 26.0 Å². The summed E-state index contributed by atoms with van der Waals surface area (Å²) in [4.78, 5) is 0. The normalized spacial score (nSPS) is 10.9. The van der Waals surface area contributed by atoms with E-state index in [0.29, 0.717) is 24.8 Å². The van der Waals surface area contributed by atoms with E-state index in [4.69, 9.17) is 14.2 Å². The Morgan fingerprint density at radius 2 is 1.69 bits per heavy atom. The fourth-order valence-electron chi connectivity index (χ4n) is 2.23. The smallest absolute Gasteiger partial charge is 0.276 e. The molecule has 0 spiro atoms. The summed E-state index contributed by atoms with van der Waals surface area (Å²) in [7, 11) is 1.66. The van der Waals surface area contributed by atoms with Crippen molar-refractivity contribution in [2.75, 3.05) is 20.3 Å². The second kappa shape index (κ2) is 11.1. The lowest BCUT2D eigenvalue weighted by Crippen LogP contribution is -2.05. The highest BCUT2D eigenvalue weighted by Crippen LogP contribution is 2.26. The molecule has 0 aliphatic rings.